The zero-order valence-electron chi connectivity index (χ0n) is 15.2. The summed E-state index contributed by atoms with van der Waals surface area (Å²) in [5.74, 6) is -0.790. The van der Waals surface area contributed by atoms with Crippen LogP contribution in [0.5, 0.6) is 11.5 Å². The van der Waals surface area contributed by atoms with E-state index in [2.05, 4.69) is 0 Å². The van der Waals surface area contributed by atoms with E-state index in [1.54, 1.807) is 4.90 Å². The Morgan fingerprint density at radius 1 is 1.37 bits per heavy atom. The molecule has 10 nitrogen and oxygen atoms in total. The summed E-state index contributed by atoms with van der Waals surface area (Å²) in [6.45, 7) is 2.57. The number of methoxy groups -OCH3 is 1. The molecule has 148 valence electrons. The largest absolute Gasteiger partial charge is 0.490 e. The van der Waals surface area contributed by atoms with Crippen molar-refractivity contribution in [2.75, 3.05) is 40.0 Å². The van der Waals surface area contributed by atoms with Crippen LogP contribution in [0.1, 0.15) is 13.3 Å². The van der Waals surface area contributed by atoms with Crippen molar-refractivity contribution in [2.24, 2.45) is 0 Å². The number of amides is 1. The van der Waals surface area contributed by atoms with Gasteiger partial charge in [0.1, 0.15) is 5.75 Å². The van der Waals surface area contributed by atoms with Gasteiger partial charge in [0, 0.05) is 25.2 Å². The molecule has 1 saturated heterocycles. The number of nitro groups is 1. The Hall–Kier alpha value is -2.88. The maximum absolute atomic E-state index is 12.1. The van der Waals surface area contributed by atoms with Gasteiger partial charge in [-0.3, -0.25) is 14.9 Å². The summed E-state index contributed by atoms with van der Waals surface area (Å²) in [6, 6.07) is 3.86. The lowest BCUT2D eigenvalue weighted by molar-refractivity contribution is -0.385. The van der Waals surface area contributed by atoms with Crippen LogP contribution in [0, 0.1) is 10.1 Å². The van der Waals surface area contributed by atoms with Crippen LogP contribution in [0.25, 0.3) is 0 Å². The number of rotatable bonds is 8. The third-order valence-corrected chi connectivity index (χ3v) is 4.01. The lowest BCUT2D eigenvalue weighted by Gasteiger charge is -2.32. The Kier molecular flexibility index (Phi) is 7.35. The number of hydrogen-bond donors (Lipinski definition) is 0. The summed E-state index contributed by atoms with van der Waals surface area (Å²) < 4.78 is 20.6. The van der Waals surface area contributed by atoms with Crippen LogP contribution >= 0.6 is 0 Å². The van der Waals surface area contributed by atoms with Gasteiger partial charge in [0.2, 0.25) is 5.75 Å². The van der Waals surface area contributed by atoms with E-state index < -0.39 is 17.5 Å². The Morgan fingerprint density at radius 3 is 2.81 bits per heavy atom. The SMILES string of the molecule is CCC1CN(C(=O)COC(=O)COc2ccc([N+](=O)[O-])c(OC)c2)CCO1. The molecule has 1 heterocycles. The predicted molar refractivity (Wildman–Crippen MR) is 92.7 cm³/mol. The number of benzene rings is 1. The minimum absolute atomic E-state index is 0.00106. The van der Waals surface area contributed by atoms with Gasteiger partial charge in [-0.25, -0.2) is 4.79 Å². The third-order valence-electron chi connectivity index (χ3n) is 4.01. The number of carbonyl (C=O) groups is 2. The molecule has 0 saturated carbocycles. The minimum atomic E-state index is -0.721. The van der Waals surface area contributed by atoms with E-state index in [-0.39, 0.29) is 35.8 Å². The van der Waals surface area contributed by atoms with Gasteiger partial charge in [0.05, 0.1) is 24.7 Å². The molecule has 1 aromatic rings. The summed E-state index contributed by atoms with van der Waals surface area (Å²) in [4.78, 5) is 35.7. The number of morpholine rings is 1. The number of carbonyl (C=O) groups excluding carboxylic acids is 2. The van der Waals surface area contributed by atoms with E-state index in [0.29, 0.717) is 19.7 Å². The first kappa shape index (κ1) is 20.4. The first-order valence-corrected chi connectivity index (χ1v) is 8.44. The number of esters is 1. The molecule has 0 aromatic heterocycles. The molecule has 1 amide bonds. The molecule has 0 bridgehead atoms. The van der Waals surface area contributed by atoms with Gasteiger partial charge in [-0.2, -0.15) is 0 Å². The molecular weight excluding hydrogens is 360 g/mol. The lowest BCUT2D eigenvalue weighted by Crippen LogP contribution is -2.47. The Bertz CT molecular complexity index is 694. The van der Waals surface area contributed by atoms with Gasteiger partial charge in [0.15, 0.2) is 13.2 Å². The van der Waals surface area contributed by atoms with Crippen molar-refractivity contribution in [3.8, 4) is 11.5 Å². The van der Waals surface area contributed by atoms with Crippen molar-refractivity contribution in [2.45, 2.75) is 19.4 Å². The first-order valence-electron chi connectivity index (χ1n) is 8.44. The molecule has 0 aliphatic carbocycles. The van der Waals surface area contributed by atoms with E-state index >= 15 is 0 Å². The second-order valence-corrected chi connectivity index (χ2v) is 5.78. The Balaban J connectivity index is 1.79. The normalized spacial score (nSPS) is 16.5. The molecule has 1 fully saturated rings. The summed E-state index contributed by atoms with van der Waals surface area (Å²) in [6.07, 6.45) is 0.801. The van der Waals surface area contributed by atoms with E-state index in [0.717, 1.165) is 6.42 Å². The smallest absolute Gasteiger partial charge is 0.344 e. The summed E-state index contributed by atoms with van der Waals surface area (Å²) in [5, 5.41) is 10.8. The number of ether oxygens (including phenoxy) is 4. The molecule has 27 heavy (non-hydrogen) atoms. The van der Waals surface area contributed by atoms with Crippen molar-refractivity contribution < 1.29 is 33.5 Å². The van der Waals surface area contributed by atoms with Gasteiger partial charge in [-0.1, -0.05) is 6.92 Å². The lowest BCUT2D eigenvalue weighted by atomic mass is 10.2. The molecule has 1 atom stereocenters. The molecule has 1 aliphatic rings. The van der Waals surface area contributed by atoms with Gasteiger partial charge in [-0.15, -0.1) is 0 Å². The second-order valence-electron chi connectivity index (χ2n) is 5.78. The fourth-order valence-electron chi connectivity index (χ4n) is 2.51. The maximum Gasteiger partial charge on any atom is 0.344 e. The van der Waals surface area contributed by atoms with Crippen LogP contribution in [0.2, 0.25) is 0 Å². The fraction of sp³-hybridized carbons (Fsp3) is 0.529. The number of nitro benzene ring substituents is 1. The Morgan fingerprint density at radius 2 is 2.15 bits per heavy atom. The van der Waals surface area contributed by atoms with Gasteiger partial charge < -0.3 is 23.8 Å². The molecule has 1 aliphatic heterocycles. The van der Waals surface area contributed by atoms with Crippen molar-refractivity contribution in [3.63, 3.8) is 0 Å². The highest BCUT2D eigenvalue weighted by Gasteiger charge is 2.24. The summed E-state index contributed by atoms with van der Waals surface area (Å²) >= 11 is 0. The quantitative estimate of drug-likeness (QED) is 0.373. The van der Waals surface area contributed by atoms with Crippen molar-refractivity contribution in [3.05, 3.63) is 28.3 Å². The average Bonchev–Trinajstić information content (AvgIpc) is 2.69. The minimum Gasteiger partial charge on any atom is -0.490 e. The molecular formula is C17H22N2O8. The highest BCUT2D eigenvalue weighted by Crippen LogP contribution is 2.30. The van der Waals surface area contributed by atoms with Crippen molar-refractivity contribution >= 4 is 17.6 Å². The molecule has 0 radical (unpaired) electrons. The fourth-order valence-corrected chi connectivity index (χ4v) is 2.51. The molecule has 0 N–H and O–H groups in total. The number of hydrogen-bond acceptors (Lipinski definition) is 8. The van der Waals surface area contributed by atoms with E-state index in [9.17, 15) is 19.7 Å². The standard InChI is InChI=1S/C17H22N2O8/c1-3-12-9-18(6-7-25-12)16(20)10-27-17(21)11-26-13-4-5-14(19(22)23)15(8-13)24-2/h4-5,8,12H,3,6-7,9-11H2,1-2H3. The molecule has 0 spiro atoms. The predicted octanol–water partition coefficient (Wildman–Crippen LogP) is 1.16. The molecule has 1 aromatic carbocycles. The summed E-state index contributed by atoms with van der Waals surface area (Å²) in [7, 11) is 1.29. The van der Waals surface area contributed by atoms with E-state index in [1.165, 1.54) is 25.3 Å². The number of nitrogens with zero attached hydrogens (tertiary/aromatic N) is 2. The first-order chi connectivity index (χ1) is 12.9. The van der Waals surface area contributed by atoms with E-state index in [4.69, 9.17) is 18.9 Å². The summed E-state index contributed by atoms with van der Waals surface area (Å²) in [5.41, 5.74) is -0.214. The van der Waals surface area contributed by atoms with E-state index in [1.807, 2.05) is 6.92 Å². The van der Waals surface area contributed by atoms with Crippen LogP contribution in [0.15, 0.2) is 18.2 Å². The third kappa shape index (κ3) is 5.81. The second kappa shape index (κ2) is 9.72. The average molecular weight is 382 g/mol. The molecule has 2 rings (SSSR count). The van der Waals surface area contributed by atoms with Crippen molar-refractivity contribution in [1.82, 2.24) is 4.90 Å². The van der Waals surface area contributed by atoms with Gasteiger partial charge in [-0.05, 0) is 12.5 Å². The highest BCUT2D eigenvalue weighted by molar-refractivity contribution is 5.81. The monoisotopic (exact) mass is 382 g/mol. The zero-order chi connectivity index (χ0) is 19.8. The topological polar surface area (TPSA) is 117 Å². The van der Waals surface area contributed by atoms with Crippen LogP contribution in [0.3, 0.4) is 0 Å². The maximum atomic E-state index is 12.1. The Labute approximate surface area is 156 Å². The van der Waals surface area contributed by atoms with Crippen LogP contribution in [-0.4, -0.2) is 67.8 Å². The van der Waals surface area contributed by atoms with Crippen LogP contribution in [-0.2, 0) is 19.1 Å². The zero-order valence-corrected chi connectivity index (χ0v) is 15.2. The molecule has 1 unspecified atom stereocenters. The van der Waals surface area contributed by atoms with Crippen LogP contribution in [0.4, 0.5) is 5.69 Å². The van der Waals surface area contributed by atoms with Gasteiger partial charge >= 0.3 is 11.7 Å². The van der Waals surface area contributed by atoms with Crippen molar-refractivity contribution in [1.29, 1.82) is 0 Å². The van der Waals surface area contributed by atoms with Gasteiger partial charge in [0.25, 0.3) is 5.91 Å². The molecule has 10 heteroatoms. The van der Waals surface area contributed by atoms with Crippen LogP contribution < -0.4 is 9.47 Å². The highest BCUT2D eigenvalue weighted by atomic mass is 16.6.